The third kappa shape index (κ3) is 4.99. The molecule has 0 amide bonds. The number of hydrogen-bond acceptors (Lipinski definition) is 2. The van der Waals surface area contributed by atoms with E-state index in [2.05, 4.69) is 37.4 Å². The molecule has 0 spiro atoms. The Balaban J connectivity index is 2.37. The molecule has 0 heterocycles. The Kier molecular flexibility index (Phi) is 5.65. The number of rotatable bonds is 6. The van der Waals surface area contributed by atoms with Crippen LogP contribution in [0.4, 0.5) is 0 Å². The Labute approximate surface area is 98.3 Å². The molecule has 0 saturated carbocycles. The highest BCUT2D eigenvalue weighted by Gasteiger charge is 1.91. The summed E-state index contributed by atoms with van der Waals surface area (Å²) < 4.78 is 5.17. The van der Waals surface area contributed by atoms with Crippen LogP contribution in [0.25, 0.3) is 6.08 Å². The zero-order valence-corrected chi connectivity index (χ0v) is 10.4. The summed E-state index contributed by atoms with van der Waals surface area (Å²) in [6.07, 6.45) is 5.37. The molecule has 1 aromatic rings. The molecular weight excluding hydrogens is 198 g/mol. The minimum atomic E-state index is 0.560. The lowest BCUT2D eigenvalue weighted by molar-refractivity contribution is 0.414. The Morgan fingerprint density at radius 1 is 1.38 bits per heavy atom. The third-order valence-corrected chi connectivity index (χ3v) is 2.27. The lowest BCUT2D eigenvalue weighted by atomic mass is 10.2. The van der Waals surface area contributed by atoms with E-state index < -0.39 is 0 Å². The first-order chi connectivity index (χ1) is 7.72. The zero-order chi connectivity index (χ0) is 11.8. The van der Waals surface area contributed by atoms with Crippen molar-refractivity contribution in [1.29, 1.82) is 0 Å². The van der Waals surface area contributed by atoms with Crippen molar-refractivity contribution in [3.8, 4) is 5.75 Å². The van der Waals surface area contributed by atoms with E-state index in [1.165, 1.54) is 5.56 Å². The molecule has 2 heteroatoms. The van der Waals surface area contributed by atoms with Gasteiger partial charge in [0, 0.05) is 6.04 Å². The molecule has 16 heavy (non-hydrogen) atoms. The molecule has 2 nitrogen and oxygen atoms in total. The summed E-state index contributed by atoms with van der Waals surface area (Å²) in [5.41, 5.74) is 1.18. The average Bonchev–Trinajstić information content (AvgIpc) is 2.28. The van der Waals surface area contributed by atoms with E-state index in [0.717, 1.165) is 18.7 Å². The van der Waals surface area contributed by atoms with Gasteiger partial charge in [-0.3, -0.25) is 0 Å². The molecule has 0 aliphatic rings. The van der Waals surface area contributed by atoms with Crippen molar-refractivity contribution < 1.29 is 4.74 Å². The van der Waals surface area contributed by atoms with Crippen molar-refractivity contribution in [2.24, 2.45) is 0 Å². The molecule has 0 atom stereocenters. The molecule has 0 aromatic heterocycles. The van der Waals surface area contributed by atoms with Gasteiger partial charge in [-0.05, 0) is 30.7 Å². The summed E-state index contributed by atoms with van der Waals surface area (Å²) in [5, 5.41) is 3.38. The lowest BCUT2D eigenvalue weighted by Gasteiger charge is -2.05. The van der Waals surface area contributed by atoms with Gasteiger partial charge in [0.25, 0.3) is 0 Å². The second-order valence-electron chi connectivity index (χ2n) is 4.08. The molecular formula is C14H21NO. The molecule has 0 unspecified atom stereocenters. The van der Waals surface area contributed by atoms with Crippen LogP contribution in [0.15, 0.2) is 30.3 Å². The smallest absolute Gasteiger partial charge is 0.119 e. The fourth-order valence-electron chi connectivity index (χ4n) is 1.42. The van der Waals surface area contributed by atoms with Gasteiger partial charge >= 0.3 is 0 Å². The maximum atomic E-state index is 5.17. The molecule has 0 aliphatic carbocycles. The quantitative estimate of drug-likeness (QED) is 0.742. The average molecular weight is 219 g/mol. The van der Waals surface area contributed by atoms with E-state index in [1.54, 1.807) is 7.11 Å². The standard InChI is InChI=1S/C14H21NO/c1-12(2)15-10-5-4-7-13-8-6-9-14(11-13)16-3/h4,6-9,11-12,15H,5,10H2,1-3H3. The summed E-state index contributed by atoms with van der Waals surface area (Å²) in [4.78, 5) is 0. The second-order valence-corrected chi connectivity index (χ2v) is 4.08. The minimum Gasteiger partial charge on any atom is -0.497 e. The maximum absolute atomic E-state index is 5.17. The van der Waals surface area contributed by atoms with Crippen LogP contribution in [0.3, 0.4) is 0 Å². The van der Waals surface area contributed by atoms with Crippen LogP contribution >= 0.6 is 0 Å². The van der Waals surface area contributed by atoms with Crippen LogP contribution in [-0.2, 0) is 0 Å². The van der Waals surface area contributed by atoms with Crippen molar-refractivity contribution >= 4 is 6.08 Å². The molecule has 1 rings (SSSR count). The molecule has 1 N–H and O–H groups in total. The maximum Gasteiger partial charge on any atom is 0.119 e. The van der Waals surface area contributed by atoms with E-state index in [9.17, 15) is 0 Å². The third-order valence-electron chi connectivity index (χ3n) is 2.27. The number of hydrogen-bond donors (Lipinski definition) is 1. The minimum absolute atomic E-state index is 0.560. The van der Waals surface area contributed by atoms with Gasteiger partial charge in [-0.2, -0.15) is 0 Å². The summed E-state index contributed by atoms with van der Waals surface area (Å²) in [7, 11) is 1.69. The number of ether oxygens (including phenoxy) is 1. The fraction of sp³-hybridized carbons (Fsp3) is 0.429. The molecule has 0 bridgehead atoms. The van der Waals surface area contributed by atoms with Gasteiger partial charge in [-0.25, -0.2) is 0 Å². The molecule has 0 saturated heterocycles. The van der Waals surface area contributed by atoms with Crippen molar-refractivity contribution in [1.82, 2.24) is 5.32 Å². The zero-order valence-electron chi connectivity index (χ0n) is 10.4. The Hall–Kier alpha value is -1.28. The highest BCUT2D eigenvalue weighted by Crippen LogP contribution is 2.13. The van der Waals surface area contributed by atoms with Gasteiger partial charge in [0.2, 0.25) is 0 Å². The van der Waals surface area contributed by atoms with Crippen LogP contribution in [-0.4, -0.2) is 19.7 Å². The summed E-state index contributed by atoms with van der Waals surface area (Å²) in [6, 6.07) is 8.63. The topological polar surface area (TPSA) is 21.3 Å². The van der Waals surface area contributed by atoms with E-state index in [4.69, 9.17) is 4.74 Å². The number of benzene rings is 1. The summed E-state index contributed by atoms with van der Waals surface area (Å²) >= 11 is 0. The molecule has 1 aromatic carbocycles. The fourth-order valence-corrected chi connectivity index (χ4v) is 1.42. The van der Waals surface area contributed by atoms with Gasteiger partial charge in [0.05, 0.1) is 7.11 Å². The SMILES string of the molecule is COc1cccc(C=CCCNC(C)C)c1. The van der Waals surface area contributed by atoms with Crippen molar-refractivity contribution in [3.05, 3.63) is 35.9 Å². The van der Waals surface area contributed by atoms with Crippen molar-refractivity contribution in [2.75, 3.05) is 13.7 Å². The van der Waals surface area contributed by atoms with Gasteiger partial charge in [0.1, 0.15) is 5.75 Å². The van der Waals surface area contributed by atoms with Gasteiger partial charge in [0.15, 0.2) is 0 Å². The van der Waals surface area contributed by atoms with Gasteiger partial charge in [-0.15, -0.1) is 0 Å². The van der Waals surface area contributed by atoms with Gasteiger partial charge in [-0.1, -0.05) is 38.1 Å². The molecule has 0 aliphatic heterocycles. The highest BCUT2D eigenvalue weighted by atomic mass is 16.5. The summed E-state index contributed by atoms with van der Waals surface area (Å²) in [5.74, 6) is 0.905. The Bertz CT molecular complexity index is 331. The number of nitrogens with one attached hydrogen (secondary N) is 1. The van der Waals surface area contributed by atoms with Crippen LogP contribution in [0.1, 0.15) is 25.8 Å². The second kappa shape index (κ2) is 7.07. The van der Waals surface area contributed by atoms with E-state index in [1.807, 2.05) is 18.2 Å². The monoisotopic (exact) mass is 219 g/mol. The Morgan fingerprint density at radius 2 is 2.19 bits per heavy atom. The first kappa shape index (κ1) is 12.8. The first-order valence-corrected chi connectivity index (χ1v) is 5.76. The number of methoxy groups -OCH3 is 1. The Morgan fingerprint density at radius 3 is 2.88 bits per heavy atom. The largest absolute Gasteiger partial charge is 0.497 e. The molecule has 0 radical (unpaired) electrons. The van der Waals surface area contributed by atoms with E-state index in [0.29, 0.717) is 6.04 Å². The predicted molar refractivity (Wildman–Crippen MR) is 69.8 cm³/mol. The van der Waals surface area contributed by atoms with Crippen molar-refractivity contribution in [3.63, 3.8) is 0 Å². The van der Waals surface area contributed by atoms with Crippen LogP contribution in [0, 0.1) is 0 Å². The van der Waals surface area contributed by atoms with E-state index >= 15 is 0 Å². The molecule has 88 valence electrons. The van der Waals surface area contributed by atoms with Gasteiger partial charge < -0.3 is 10.1 Å². The van der Waals surface area contributed by atoms with Crippen LogP contribution in [0.2, 0.25) is 0 Å². The van der Waals surface area contributed by atoms with Crippen LogP contribution < -0.4 is 10.1 Å². The normalized spacial score (nSPS) is 11.2. The van der Waals surface area contributed by atoms with Crippen molar-refractivity contribution in [2.45, 2.75) is 26.3 Å². The summed E-state index contributed by atoms with van der Waals surface area (Å²) in [6.45, 7) is 5.34. The lowest BCUT2D eigenvalue weighted by Crippen LogP contribution is -2.23. The molecule has 0 fully saturated rings. The van der Waals surface area contributed by atoms with Crippen LogP contribution in [0.5, 0.6) is 5.75 Å². The first-order valence-electron chi connectivity index (χ1n) is 5.76. The predicted octanol–water partition coefficient (Wildman–Crippen LogP) is 3.10. The van der Waals surface area contributed by atoms with E-state index in [-0.39, 0.29) is 0 Å². The highest BCUT2D eigenvalue weighted by molar-refractivity contribution is 5.51.